The number of aromatic nitrogens is 3. The average Bonchev–Trinajstić information content (AvgIpc) is 2.81. The van der Waals surface area contributed by atoms with E-state index < -0.39 is 0 Å². The summed E-state index contributed by atoms with van der Waals surface area (Å²) in [6, 6.07) is 3.26. The Morgan fingerprint density at radius 3 is 2.94 bits per heavy atom. The number of nitrogens with zero attached hydrogens (tertiary/aromatic N) is 3. The maximum Gasteiger partial charge on any atom is 0.133 e. The summed E-state index contributed by atoms with van der Waals surface area (Å²) in [4.78, 5) is 8.55. The lowest BCUT2D eigenvalue weighted by molar-refractivity contribution is 0.550. The van der Waals surface area contributed by atoms with E-state index in [-0.39, 0.29) is 6.04 Å². The number of aryl methyl sites for hydroxylation is 1. The van der Waals surface area contributed by atoms with Crippen LogP contribution >= 0.6 is 11.6 Å². The predicted octanol–water partition coefficient (Wildman–Crippen LogP) is 1.50. The van der Waals surface area contributed by atoms with Gasteiger partial charge in [-0.15, -0.1) is 0 Å². The van der Waals surface area contributed by atoms with E-state index in [0.717, 1.165) is 12.4 Å². The van der Waals surface area contributed by atoms with Gasteiger partial charge in [0.05, 0.1) is 10.7 Å². The van der Waals surface area contributed by atoms with Crippen molar-refractivity contribution >= 4 is 11.6 Å². The second-order valence-electron chi connectivity index (χ2n) is 3.54. The molecular weight excluding hydrogens is 238 g/mol. The molecule has 90 valence electrons. The summed E-state index contributed by atoms with van der Waals surface area (Å²) >= 11 is 6.12. The van der Waals surface area contributed by atoms with Gasteiger partial charge in [0.25, 0.3) is 0 Å². The number of pyridine rings is 1. The summed E-state index contributed by atoms with van der Waals surface area (Å²) in [5.74, 6) is 6.39. The molecule has 0 radical (unpaired) electrons. The van der Waals surface area contributed by atoms with Crippen molar-refractivity contribution in [2.75, 3.05) is 0 Å². The minimum absolute atomic E-state index is 0.307. The molecule has 0 aliphatic rings. The molecule has 1 atom stereocenters. The average molecular weight is 252 g/mol. The summed E-state index contributed by atoms with van der Waals surface area (Å²) < 4.78 is 2.00. The first-order chi connectivity index (χ1) is 8.27. The van der Waals surface area contributed by atoms with Crippen molar-refractivity contribution in [2.45, 2.75) is 19.5 Å². The van der Waals surface area contributed by atoms with E-state index in [0.29, 0.717) is 10.7 Å². The third-order valence-corrected chi connectivity index (χ3v) is 2.89. The zero-order valence-corrected chi connectivity index (χ0v) is 10.2. The molecule has 5 nitrogen and oxygen atoms in total. The molecule has 17 heavy (non-hydrogen) atoms. The SMILES string of the molecule is CCn1ccnc1C(NN)c1ncccc1Cl. The fourth-order valence-electron chi connectivity index (χ4n) is 1.73. The number of nitrogens with two attached hydrogens (primary N) is 1. The number of hydrogen-bond acceptors (Lipinski definition) is 4. The van der Waals surface area contributed by atoms with E-state index in [1.807, 2.05) is 17.7 Å². The first kappa shape index (κ1) is 12.0. The molecule has 0 aliphatic heterocycles. The van der Waals surface area contributed by atoms with Gasteiger partial charge in [-0.2, -0.15) is 0 Å². The van der Waals surface area contributed by atoms with Crippen LogP contribution in [0.15, 0.2) is 30.7 Å². The zero-order chi connectivity index (χ0) is 12.3. The molecule has 2 aromatic heterocycles. The third kappa shape index (κ3) is 2.31. The molecule has 0 bridgehead atoms. The van der Waals surface area contributed by atoms with Gasteiger partial charge < -0.3 is 4.57 Å². The monoisotopic (exact) mass is 251 g/mol. The van der Waals surface area contributed by atoms with Crippen molar-refractivity contribution in [3.05, 3.63) is 47.3 Å². The topological polar surface area (TPSA) is 68.8 Å². The van der Waals surface area contributed by atoms with Crippen LogP contribution in [0.1, 0.15) is 24.5 Å². The fourth-order valence-corrected chi connectivity index (χ4v) is 1.97. The van der Waals surface area contributed by atoms with E-state index in [4.69, 9.17) is 17.4 Å². The van der Waals surface area contributed by atoms with Gasteiger partial charge in [-0.25, -0.2) is 10.4 Å². The Morgan fingerprint density at radius 2 is 2.29 bits per heavy atom. The molecular formula is C11H14ClN5. The normalized spacial score (nSPS) is 12.6. The van der Waals surface area contributed by atoms with Gasteiger partial charge in [0.2, 0.25) is 0 Å². The molecule has 0 saturated heterocycles. The molecule has 2 rings (SSSR count). The highest BCUT2D eigenvalue weighted by atomic mass is 35.5. The number of imidazole rings is 1. The molecule has 0 amide bonds. The summed E-state index contributed by atoms with van der Waals surface area (Å²) in [5.41, 5.74) is 3.38. The summed E-state index contributed by atoms with van der Waals surface area (Å²) in [6.45, 7) is 2.86. The Kier molecular flexibility index (Phi) is 3.73. The highest BCUT2D eigenvalue weighted by Gasteiger charge is 2.20. The van der Waals surface area contributed by atoms with Gasteiger partial charge in [0, 0.05) is 25.1 Å². The van der Waals surface area contributed by atoms with Gasteiger partial charge in [0.1, 0.15) is 11.9 Å². The summed E-state index contributed by atoms with van der Waals surface area (Å²) in [5, 5.41) is 0.570. The molecule has 2 aromatic rings. The lowest BCUT2D eigenvalue weighted by Gasteiger charge is -2.17. The lowest BCUT2D eigenvalue weighted by atomic mass is 10.2. The second kappa shape index (κ2) is 5.27. The van der Waals surface area contributed by atoms with Crippen LogP contribution in [-0.4, -0.2) is 14.5 Å². The highest BCUT2D eigenvalue weighted by molar-refractivity contribution is 6.31. The number of nitrogens with one attached hydrogen (secondary N) is 1. The first-order valence-electron chi connectivity index (χ1n) is 5.35. The van der Waals surface area contributed by atoms with Crippen LogP contribution in [0, 0.1) is 0 Å². The van der Waals surface area contributed by atoms with Crippen LogP contribution in [0.4, 0.5) is 0 Å². The zero-order valence-electron chi connectivity index (χ0n) is 9.47. The van der Waals surface area contributed by atoms with Crippen LogP contribution in [0.3, 0.4) is 0 Å². The van der Waals surface area contributed by atoms with Crippen molar-refractivity contribution in [2.24, 2.45) is 5.84 Å². The third-order valence-electron chi connectivity index (χ3n) is 2.57. The highest BCUT2D eigenvalue weighted by Crippen LogP contribution is 2.24. The molecule has 0 aliphatic carbocycles. The van der Waals surface area contributed by atoms with Gasteiger partial charge in [-0.05, 0) is 19.1 Å². The predicted molar refractivity (Wildman–Crippen MR) is 66.3 cm³/mol. The minimum Gasteiger partial charge on any atom is -0.334 e. The molecule has 0 spiro atoms. The summed E-state index contributed by atoms with van der Waals surface area (Å²) in [7, 11) is 0. The van der Waals surface area contributed by atoms with Crippen LogP contribution in [0.25, 0.3) is 0 Å². The second-order valence-corrected chi connectivity index (χ2v) is 3.95. The first-order valence-corrected chi connectivity index (χ1v) is 5.73. The Labute approximate surface area is 105 Å². The minimum atomic E-state index is -0.307. The largest absolute Gasteiger partial charge is 0.334 e. The molecule has 1 unspecified atom stereocenters. The van der Waals surface area contributed by atoms with Crippen molar-refractivity contribution < 1.29 is 0 Å². The van der Waals surface area contributed by atoms with E-state index in [2.05, 4.69) is 15.4 Å². The van der Waals surface area contributed by atoms with E-state index >= 15 is 0 Å². The van der Waals surface area contributed by atoms with Crippen LogP contribution < -0.4 is 11.3 Å². The Morgan fingerprint density at radius 1 is 1.47 bits per heavy atom. The van der Waals surface area contributed by atoms with Crippen LogP contribution in [0.2, 0.25) is 5.02 Å². The maximum atomic E-state index is 6.12. The van der Waals surface area contributed by atoms with Gasteiger partial charge in [-0.3, -0.25) is 10.8 Å². The molecule has 0 aromatic carbocycles. The quantitative estimate of drug-likeness (QED) is 0.638. The molecule has 0 fully saturated rings. The van der Waals surface area contributed by atoms with E-state index in [1.165, 1.54) is 0 Å². The van der Waals surface area contributed by atoms with Crippen molar-refractivity contribution in [1.82, 2.24) is 20.0 Å². The van der Waals surface area contributed by atoms with E-state index in [9.17, 15) is 0 Å². The number of rotatable bonds is 4. The molecule has 0 saturated carbocycles. The van der Waals surface area contributed by atoms with E-state index in [1.54, 1.807) is 24.5 Å². The smallest absolute Gasteiger partial charge is 0.133 e. The van der Waals surface area contributed by atoms with Gasteiger partial charge >= 0.3 is 0 Å². The standard InChI is InChI=1S/C11H14ClN5/c1-2-17-7-6-15-11(17)10(16-13)9-8(12)4-3-5-14-9/h3-7,10,16H,2,13H2,1H3. The Hall–Kier alpha value is -1.43. The van der Waals surface area contributed by atoms with Crippen LogP contribution in [0.5, 0.6) is 0 Å². The number of hydrazine groups is 1. The fraction of sp³-hybridized carbons (Fsp3) is 0.273. The number of halogens is 1. The van der Waals surface area contributed by atoms with Crippen molar-refractivity contribution in [3.63, 3.8) is 0 Å². The Balaban J connectivity index is 2.44. The molecule has 2 heterocycles. The van der Waals surface area contributed by atoms with Crippen molar-refractivity contribution in [3.8, 4) is 0 Å². The van der Waals surface area contributed by atoms with Gasteiger partial charge in [-0.1, -0.05) is 11.6 Å². The maximum absolute atomic E-state index is 6.12. The lowest BCUT2D eigenvalue weighted by Crippen LogP contribution is -2.32. The Bertz CT molecular complexity index is 496. The molecule has 3 N–H and O–H groups in total. The molecule has 6 heteroatoms. The summed E-state index contributed by atoms with van der Waals surface area (Å²) in [6.07, 6.45) is 5.32. The van der Waals surface area contributed by atoms with Gasteiger partial charge in [0.15, 0.2) is 0 Å². The number of hydrogen-bond donors (Lipinski definition) is 2. The van der Waals surface area contributed by atoms with Crippen LogP contribution in [-0.2, 0) is 6.54 Å². The van der Waals surface area contributed by atoms with Crippen molar-refractivity contribution in [1.29, 1.82) is 0 Å².